The van der Waals surface area contributed by atoms with Gasteiger partial charge in [-0.15, -0.1) is 0 Å². The molecule has 2 rings (SSSR count). The normalized spacial score (nSPS) is 20.3. The van der Waals surface area contributed by atoms with Gasteiger partial charge in [-0.1, -0.05) is 0 Å². The molecule has 0 unspecified atom stereocenters. The van der Waals surface area contributed by atoms with Gasteiger partial charge in [0.1, 0.15) is 0 Å². The van der Waals surface area contributed by atoms with Crippen LogP contribution in [0.4, 0.5) is 8.78 Å². The molecule has 0 aliphatic carbocycles. The molecule has 1 saturated heterocycles. The Kier molecular flexibility index (Phi) is 2.42. The highest BCUT2D eigenvalue weighted by atomic mass is 19.3. The Morgan fingerprint density at radius 2 is 2.13 bits per heavy atom. The molecular weight excluding hydrogens is 204 g/mol. The van der Waals surface area contributed by atoms with Gasteiger partial charge in [-0.2, -0.15) is 5.10 Å². The maximum Gasteiger partial charge on any atom is 0.257 e. The lowest BCUT2D eigenvalue weighted by Crippen LogP contribution is -2.42. The molecule has 1 fully saturated rings. The Bertz CT molecular complexity index is 340. The van der Waals surface area contributed by atoms with E-state index in [9.17, 15) is 13.6 Å². The van der Waals surface area contributed by atoms with Crippen LogP contribution in [0.5, 0.6) is 0 Å². The summed E-state index contributed by atoms with van der Waals surface area (Å²) in [5, 5.41) is 6.17. The quantitative estimate of drug-likeness (QED) is 0.767. The van der Waals surface area contributed by atoms with E-state index < -0.39 is 5.92 Å². The van der Waals surface area contributed by atoms with Crippen LogP contribution < -0.4 is 0 Å². The maximum absolute atomic E-state index is 12.8. The van der Waals surface area contributed by atoms with Crippen molar-refractivity contribution in [3.05, 3.63) is 18.0 Å². The molecular formula is C9H11F2N3O. The van der Waals surface area contributed by atoms with Crippen molar-refractivity contribution < 1.29 is 13.6 Å². The highest BCUT2D eigenvalue weighted by Crippen LogP contribution is 2.28. The first-order chi connectivity index (χ1) is 7.08. The highest BCUT2D eigenvalue weighted by molar-refractivity contribution is 5.93. The maximum atomic E-state index is 12.8. The number of piperidine rings is 1. The number of aromatic amines is 1. The fourth-order valence-corrected chi connectivity index (χ4v) is 1.59. The standard InChI is InChI=1S/C9H11F2N3O/c10-9(11)1-3-14(4-2-9)8(15)7-5-12-13-6-7/h5-6H,1-4H2,(H,12,13). The number of rotatable bonds is 1. The Morgan fingerprint density at radius 1 is 1.47 bits per heavy atom. The molecule has 4 nitrogen and oxygen atoms in total. The van der Waals surface area contributed by atoms with Crippen LogP contribution in [-0.2, 0) is 0 Å². The zero-order valence-electron chi connectivity index (χ0n) is 8.04. The van der Waals surface area contributed by atoms with E-state index in [0.29, 0.717) is 5.56 Å². The van der Waals surface area contributed by atoms with E-state index >= 15 is 0 Å². The van der Waals surface area contributed by atoms with Crippen molar-refractivity contribution in [2.45, 2.75) is 18.8 Å². The summed E-state index contributed by atoms with van der Waals surface area (Å²) in [6, 6.07) is 0. The molecule has 0 bridgehead atoms. The van der Waals surface area contributed by atoms with Crippen molar-refractivity contribution in [3.8, 4) is 0 Å². The van der Waals surface area contributed by atoms with Crippen molar-refractivity contribution in [1.29, 1.82) is 0 Å². The summed E-state index contributed by atoms with van der Waals surface area (Å²) in [5.41, 5.74) is 0.417. The SMILES string of the molecule is O=C(c1cn[nH]c1)N1CCC(F)(F)CC1. The van der Waals surface area contributed by atoms with E-state index in [2.05, 4.69) is 10.2 Å². The topological polar surface area (TPSA) is 49.0 Å². The molecule has 1 amide bonds. The molecule has 2 heterocycles. The summed E-state index contributed by atoms with van der Waals surface area (Å²) < 4.78 is 25.7. The molecule has 1 aromatic rings. The third-order valence-corrected chi connectivity index (χ3v) is 2.53. The van der Waals surface area contributed by atoms with Gasteiger partial charge in [-0.05, 0) is 0 Å². The van der Waals surface area contributed by atoms with E-state index in [-0.39, 0.29) is 31.8 Å². The van der Waals surface area contributed by atoms with E-state index in [0.717, 1.165) is 0 Å². The van der Waals surface area contributed by atoms with Gasteiger partial charge in [0.25, 0.3) is 11.8 Å². The molecule has 0 aromatic carbocycles. The van der Waals surface area contributed by atoms with Crippen molar-refractivity contribution in [3.63, 3.8) is 0 Å². The van der Waals surface area contributed by atoms with Gasteiger partial charge in [0.15, 0.2) is 0 Å². The Balaban J connectivity index is 2.00. The second-order valence-electron chi connectivity index (χ2n) is 3.64. The third-order valence-electron chi connectivity index (χ3n) is 2.53. The summed E-state index contributed by atoms with van der Waals surface area (Å²) >= 11 is 0. The van der Waals surface area contributed by atoms with Crippen molar-refractivity contribution >= 4 is 5.91 Å². The van der Waals surface area contributed by atoms with Crippen LogP contribution in [0.15, 0.2) is 12.4 Å². The number of alkyl halides is 2. The molecule has 0 saturated carbocycles. The first-order valence-corrected chi connectivity index (χ1v) is 4.74. The number of likely N-dealkylation sites (tertiary alicyclic amines) is 1. The first-order valence-electron chi connectivity index (χ1n) is 4.74. The van der Waals surface area contributed by atoms with Crippen molar-refractivity contribution in [2.75, 3.05) is 13.1 Å². The number of nitrogens with one attached hydrogen (secondary N) is 1. The molecule has 1 aliphatic heterocycles. The van der Waals surface area contributed by atoms with Gasteiger partial charge in [-0.3, -0.25) is 9.89 Å². The summed E-state index contributed by atoms with van der Waals surface area (Å²) in [7, 11) is 0. The lowest BCUT2D eigenvalue weighted by atomic mass is 10.1. The number of H-pyrrole nitrogens is 1. The first kappa shape index (κ1) is 10.1. The number of hydrogen-bond acceptors (Lipinski definition) is 2. The van der Waals surface area contributed by atoms with Gasteiger partial charge < -0.3 is 4.90 Å². The average Bonchev–Trinajstić information content (AvgIpc) is 2.69. The number of amides is 1. The van der Waals surface area contributed by atoms with Crippen LogP contribution in [0, 0.1) is 0 Å². The summed E-state index contributed by atoms with van der Waals surface area (Å²) in [6.45, 7) is 0.216. The van der Waals surface area contributed by atoms with Gasteiger partial charge in [-0.25, -0.2) is 8.78 Å². The molecule has 0 radical (unpaired) electrons. The Morgan fingerprint density at radius 3 is 2.67 bits per heavy atom. The van der Waals surface area contributed by atoms with Gasteiger partial charge in [0, 0.05) is 32.1 Å². The van der Waals surface area contributed by atoms with Crippen molar-refractivity contribution in [1.82, 2.24) is 15.1 Å². The minimum Gasteiger partial charge on any atom is -0.338 e. The number of hydrogen-bond donors (Lipinski definition) is 1. The van der Waals surface area contributed by atoms with Crippen LogP contribution >= 0.6 is 0 Å². The van der Waals surface area contributed by atoms with Gasteiger partial charge in [0.05, 0.1) is 11.8 Å². The largest absolute Gasteiger partial charge is 0.338 e. The van der Waals surface area contributed by atoms with Crippen LogP contribution in [-0.4, -0.2) is 40.0 Å². The summed E-state index contributed by atoms with van der Waals surface area (Å²) in [5.74, 6) is -2.85. The van der Waals surface area contributed by atoms with Crippen LogP contribution in [0.1, 0.15) is 23.2 Å². The Labute approximate surface area is 85.3 Å². The van der Waals surface area contributed by atoms with E-state index in [1.165, 1.54) is 17.3 Å². The lowest BCUT2D eigenvalue weighted by Gasteiger charge is -2.31. The molecule has 82 valence electrons. The van der Waals surface area contributed by atoms with Crippen molar-refractivity contribution in [2.24, 2.45) is 0 Å². The lowest BCUT2D eigenvalue weighted by molar-refractivity contribution is -0.0494. The van der Waals surface area contributed by atoms with Crippen LogP contribution in [0.25, 0.3) is 0 Å². The van der Waals surface area contributed by atoms with Gasteiger partial charge in [0.2, 0.25) is 0 Å². The number of halogens is 2. The average molecular weight is 215 g/mol. The molecule has 0 atom stereocenters. The minimum absolute atomic E-state index is 0.108. The molecule has 1 N–H and O–H groups in total. The molecule has 1 aromatic heterocycles. The summed E-state index contributed by atoms with van der Waals surface area (Å²) in [6.07, 6.45) is 2.36. The monoisotopic (exact) mass is 215 g/mol. The highest BCUT2D eigenvalue weighted by Gasteiger charge is 2.35. The number of carbonyl (C=O) groups is 1. The summed E-state index contributed by atoms with van der Waals surface area (Å²) in [4.78, 5) is 13.1. The predicted molar refractivity (Wildman–Crippen MR) is 48.7 cm³/mol. The van der Waals surface area contributed by atoms with Crippen LogP contribution in [0.3, 0.4) is 0 Å². The Hall–Kier alpha value is -1.46. The van der Waals surface area contributed by atoms with Crippen LogP contribution in [0.2, 0.25) is 0 Å². The smallest absolute Gasteiger partial charge is 0.257 e. The second-order valence-corrected chi connectivity index (χ2v) is 3.64. The minimum atomic E-state index is -2.62. The number of nitrogens with zero attached hydrogens (tertiary/aromatic N) is 2. The predicted octanol–water partition coefficient (Wildman–Crippen LogP) is 1.28. The van der Waals surface area contributed by atoms with E-state index in [1.54, 1.807) is 0 Å². The zero-order chi connectivity index (χ0) is 10.9. The fourth-order valence-electron chi connectivity index (χ4n) is 1.59. The third kappa shape index (κ3) is 2.14. The molecule has 0 spiro atoms. The van der Waals surface area contributed by atoms with E-state index in [1.807, 2.05) is 0 Å². The zero-order valence-corrected chi connectivity index (χ0v) is 8.04. The number of carbonyl (C=O) groups excluding carboxylic acids is 1. The van der Waals surface area contributed by atoms with E-state index in [4.69, 9.17) is 0 Å². The second kappa shape index (κ2) is 3.60. The van der Waals surface area contributed by atoms with Gasteiger partial charge >= 0.3 is 0 Å². The molecule has 15 heavy (non-hydrogen) atoms. The molecule has 1 aliphatic rings. The number of aromatic nitrogens is 2. The molecule has 6 heteroatoms. The fraction of sp³-hybridized carbons (Fsp3) is 0.556.